The van der Waals surface area contributed by atoms with Gasteiger partial charge in [-0.1, -0.05) is 0 Å². The zero-order valence-corrected chi connectivity index (χ0v) is 10.3. The van der Waals surface area contributed by atoms with Crippen LogP contribution >= 0.6 is 0 Å². The molecule has 0 aliphatic carbocycles. The average molecular weight is 279 g/mol. The number of nitrogens with one attached hydrogen (secondary N) is 1. The third kappa shape index (κ3) is 3.27. The molecule has 1 aromatic heterocycles. The maximum atomic E-state index is 12.7. The van der Waals surface area contributed by atoms with Gasteiger partial charge in [0, 0.05) is 6.20 Å². The number of hydrogen-bond donors (Lipinski definition) is 1. The summed E-state index contributed by atoms with van der Waals surface area (Å²) in [5, 5.41) is 0. The second-order valence-electron chi connectivity index (χ2n) is 3.39. The molecule has 0 amide bonds. The van der Waals surface area contributed by atoms with Crippen molar-refractivity contribution in [1.29, 1.82) is 0 Å². The molecule has 5 nitrogen and oxygen atoms in total. The van der Waals surface area contributed by atoms with E-state index in [1.165, 1.54) is 13.8 Å². The van der Waals surface area contributed by atoms with E-state index in [1.807, 2.05) is 0 Å². The Morgan fingerprint density at radius 1 is 1.16 bits per heavy atom. The Labute approximate surface area is 106 Å². The Morgan fingerprint density at radius 3 is 2.16 bits per heavy atom. The standard InChI is InChI=1S/C11H12F3NO4/c1-3-18-9(16)7-6(11(12,13)14)5-15-8(7)10(17)19-4-2/h5,15H,3-4H2,1-2H3. The van der Waals surface area contributed by atoms with Crippen LogP contribution in [0.4, 0.5) is 13.2 Å². The SMILES string of the molecule is CCOC(=O)c1[nH]cc(C(F)(F)F)c1C(=O)OCC. The molecule has 0 saturated heterocycles. The highest BCUT2D eigenvalue weighted by molar-refractivity contribution is 6.03. The van der Waals surface area contributed by atoms with Crippen LogP contribution in [0.1, 0.15) is 40.3 Å². The zero-order valence-electron chi connectivity index (χ0n) is 10.3. The van der Waals surface area contributed by atoms with E-state index >= 15 is 0 Å². The average Bonchev–Trinajstić information content (AvgIpc) is 2.73. The van der Waals surface area contributed by atoms with Crippen molar-refractivity contribution in [3.63, 3.8) is 0 Å². The number of alkyl halides is 3. The smallest absolute Gasteiger partial charge is 0.418 e. The number of carbonyl (C=O) groups is 2. The normalized spacial score (nSPS) is 11.2. The van der Waals surface area contributed by atoms with Gasteiger partial charge in [0.15, 0.2) is 0 Å². The molecule has 1 heterocycles. The molecule has 0 aliphatic heterocycles. The fraction of sp³-hybridized carbons (Fsp3) is 0.455. The van der Waals surface area contributed by atoms with E-state index in [1.54, 1.807) is 0 Å². The molecule has 1 aromatic rings. The van der Waals surface area contributed by atoms with E-state index < -0.39 is 34.9 Å². The lowest BCUT2D eigenvalue weighted by Crippen LogP contribution is -2.17. The van der Waals surface area contributed by atoms with E-state index in [9.17, 15) is 22.8 Å². The molecule has 1 N–H and O–H groups in total. The quantitative estimate of drug-likeness (QED) is 0.859. The first-order valence-corrected chi connectivity index (χ1v) is 5.45. The zero-order chi connectivity index (χ0) is 14.6. The highest BCUT2D eigenvalue weighted by Gasteiger charge is 2.40. The lowest BCUT2D eigenvalue weighted by Gasteiger charge is -2.08. The first-order chi connectivity index (χ1) is 8.82. The molecule has 0 atom stereocenters. The van der Waals surface area contributed by atoms with Gasteiger partial charge in [-0.05, 0) is 13.8 Å². The summed E-state index contributed by atoms with van der Waals surface area (Å²) < 4.78 is 47.3. The van der Waals surface area contributed by atoms with Gasteiger partial charge in [0.2, 0.25) is 0 Å². The summed E-state index contributed by atoms with van der Waals surface area (Å²) in [6, 6.07) is 0. The van der Waals surface area contributed by atoms with Crippen LogP contribution in [0, 0.1) is 0 Å². The fourth-order valence-corrected chi connectivity index (χ4v) is 1.43. The molecule has 0 saturated carbocycles. The summed E-state index contributed by atoms with van der Waals surface area (Å²) in [6.07, 6.45) is -4.23. The monoisotopic (exact) mass is 279 g/mol. The minimum absolute atomic E-state index is 0.0263. The largest absolute Gasteiger partial charge is 0.462 e. The number of H-pyrrole nitrogens is 1. The van der Waals surface area contributed by atoms with Crippen LogP contribution in [-0.4, -0.2) is 30.1 Å². The van der Waals surface area contributed by atoms with Gasteiger partial charge in [0.25, 0.3) is 0 Å². The maximum Gasteiger partial charge on any atom is 0.418 e. The van der Waals surface area contributed by atoms with Crippen LogP contribution in [0.15, 0.2) is 6.20 Å². The van der Waals surface area contributed by atoms with Gasteiger partial charge in [-0.2, -0.15) is 13.2 Å². The fourth-order valence-electron chi connectivity index (χ4n) is 1.43. The summed E-state index contributed by atoms with van der Waals surface area (Å²) in [5.41, 5.74) is -2.67. The maximum absolute atomic E-state index is 12.7. The van der Waals surface area contributed by atoms with Crippen molar-refractivity contribution in [2.75, 3.05) is 13.2 Å². The Kier molecular flexibility index (Phi) is 4.57. The van der Waals surface area contributed by atoms with Crippen molar-refractivity contribution >= 4 is 11.9 Å². The molecule has 0 bridgehead atoms. The molecule has 0 aliphatic rings. The van der Waals surface area contributed by atoms with Crippen molar-refractivity contribution in [2.24, 2.45) is 0 Å². The summed E-state index contributed by atoms with van der Waals surface area (Å²) in [4.78, 5) is 25.1. The molecule has 0 spiro atoms. The summed E-state index contributed by atoms with van der Waals surface area (Å²) in [5.74, 6) is -2.26. The molecule has 0 aromatic carbocycles. The molecule has 0 fully saturated rings. The Morgan fingerprint density at radius 2 is 1.68 bits per heavy atom. The molecular formula is C11H12F3NO4. The van der Waals surface area contributed by atoms with E-state index in [2.05, 4.69) is 14.5 Å². The van der Waals surface area contributed by atoms with Gasteiger partial charge in [0.05, 0.1) is 18.8 Å². The van der Waals surface area contributed by atoms with Crippen molar-refractivity contribution in [3.05, 3.63) is 23.0 Å². The highest BCUT2D eigenvalue weighted by atomic mass is 19.4. The van der Waals surface area contributed by atoms with Gasteiger partial charge in [-0.3, -0.25) is 0 Å². The minimum atomic E-state index is -4.77. The minimum Gasteiger partial charge on any atom is -0.462 e. The molecule has 0 unspecified atom stereocenters. The molecule has 8 heteroatoms. The predicted molar refractivity (Wildman–Crippen MR) is 57.7 cm³/mol. The third-order valence-electron chi connectivity index (χ3n) is 2.14. The van der Waals surface area contributed by atoms with Crippen LogP contribution < -0.4 is 0 Å². The number of carbonyl (C=O) groups excluding carboxylic acids is 2. The van der Waals surface area contributed by atoms with E-state index in [4.69, 9.17) is 0 Å². The molecule has 0 radical (unpaired) electrons. The van der Waals surface area contributed by atoms with Gasteiger partial charge < -0.3 is 14.5 Å². The summed E-state index contributed by atoms with van der Waals surface area (Å²) in [6.45, 7) is 2.81. The van der Waals surface area contributed by atoms with Crippen LogP contribution in [-0.2, 0) is 15.7 Å². The van der Waals surface area contributed by atoms with Gasteiger partial charge >= 0.3 is 18.1 Å². The number of hydrogen-bond acceptors (Lipinski definition) is 4. The van der Waals surface area contributed by atoms with E-state index in [0.29, 0.717) is 6.20 Å². The van der Waals surface area contributed by atoms with Crippen LogP contribution in [0.2, 0.25) is 0 Å². The number of ether oxygens (including phenoxy) is 2. The van der Waals surface area contributed by atoms with E-state index in [-0.39, 0.29) is 13.2 Å². The first kappa shape index (κ1) is 15.1. The topological polar surface area (TPSA) is 68.4 Å². The second-order valence-corrected chi connectivity index (χ2v) is 3.39. The summed E-state index contributed by atoms with van der Waals surface area (Å²) in [7, 11) is 0. The van der Waals surface area contributed by atoms with Gasteiger partial charge in [0.1, 0.15) is 11.3 Å². The number of esters is 2. The third-order valence-corrected chi connectivity index (χ3v) is 2.14. The van der Waals surface area contributed by atoms with Crippen molar-refractivity contribution in [1.82, 2.24) is 4.98 Å². The molecular weight excluding hydrogens is 267 g/mol. The Hall–Kier alpha value is -1.99. The molecule has 106 valence electrons. The lowest BCUT2D eigenvalue weighted by atomic mass is 10.1. The number of rotatable bonds is 4. The number of aromatic amines is 1. The predicted octanol–water partition coefficient (Wildman–Crippen LogP) is 2.39. The number of halogens is 3. The van der Waals surface area contributed by atoms with Crippen molar-refractivity contribution < 1.29 is 32.2 Å². The molecule has 19 heavy (non-hydrogen) atoms. The first-order valence-electron chi connectivity index (χ1n) is 5.45. The Balaban J connectivity index is 3.30. The van der Waals surface area contributed by atoms with Crippen molar-refractivity contribution in [3.8, 4) is 0 Å². The number of aromatic nitrogens is 1. The van der Waals surface area contributed by atoms with E-state index in [0.717, 1.165) is 0 Å². The highest BCUT2D eigenvalue weighted by Crippen LogP contribution is 2.34. The van der Waals surface area contributed by atoms with Crippen LogP contribution in [0.25, 0.3) is 0 Å². The second kappa shape index (κ2) is 5.77. The Bertz CT molecular complexity index is 479. The molecule has 1 rings (SSSR count). The lowest BCUT2D eigenvalue weighted by molar-refractivity contribution is -0.138. The summed E-state index contributed by atoms with van der Waals surface area (Å²) >= 11 is 0. The van der Waals surface area contributed by atoms with Gasteiger partial charge in [-0.25, -0.2) is 9.59 Å². The van der Waals surface area contributed by atoms with Crippen molar-refractivity contribution in [2.45, 2.75) is 20.0 Å². The van der Waals surface area contributed by atoms with Crippen LogP contribution in [0.5, 0.6) is 0 Å². The van der Waals surface area contributed by atoms with Crippen LogP contribution in [0.3, 0.4) is 0 Å². The van der Waals surface area contributed by atoms with Gasteiger partial charge in [-0.15, -0.1) is 0 Å².